The normalized spacial score (nSPS) is 15.5. The van der Waals surface area contributed by atoms with Crippen LogP contribution in [-0.4, -0.2) is 17.6 Å². The molecule has 0 atom stereocenters. The Balaban J connectivity index is 2.35. The van der Waals surface area contributed by atoms with Gasteiger partial charge in [0.1, 0.15) is 5.82 Å². The van der Waals surface area contributed by atoms with E-state index in [4.69, 9.17) is 10.7 Å². The molecule has 2 rings (SSSR count). The third-order valence-electron chi connectivity index (χ3n) is 1.70. The number of nitrogens with zero attached hydrogens (tertiary/aromatic N) is 2. The molecule has 0 unspecified atom stereocenters. The maximum Gasteiger partial charge on any atom is 0.204 e. The van der Waals surface area contributed by atoms with Crippen molar-refractivity contribution in [2.45, 2.75) is 0 Å². The maximum absolute atomic E-state index is 12.8. The van der Waals surface area contributed by atoms with Crippen molar-refractivity contribution in [3.05, 3.63) is 35.6 Å². The standard InChI is InChI=1S/C8H8FN3O/c9-7-3-1-2-6(4-7)8-11-13-5-12(8)10/h1-4H,5,10H2. The third-order valence-corrected chi connectivity index (χ3v) is 1.70. The van der Waals surface area contributed by atoms with Crippen molar-refractivity contribution in [1.29, 1.82) is 0 Å². The minimum atomic E-state index is -0.319. The first-order valence-electron chi connectivity index (χ1n) is 3.75. The molecule has 0 spiro atoms. The number of nitrogens with two attached hydrogens (primary N) is 1. The lowest BCUT2D eigenvalue weighted by atomic mass is 10.2. The molecule has 1 aliphatic heterocycles. The van der Waals surface area contributed by atoms with Gasteiger partial charge in [0.25, 0.3) is 0 Å². The van der Waals surface area contributed by atoms with E-state index in [0.29, 0.717) is 11.4 Å². The fraction of sp³-hybridized carbons (Fsp3) is 0.125. The van der Waals surface area contributed by atoms with Gasteiger partial charge in [-0.3, -0.25) is 5.01 Å². The summed E-state index contributed by atoms with van der Waals surface area (Å²) in [6.07, 6.45) is 0. The van der Waals surface area contributed by atoms with Crippen LogP contribution in [0.15, 0.2) is 29.4 Å². The van der Waals surface area contributed by atoms with Crippen LogP contribution in [0.2, 0.25) is 0 Å². The average Bonchev–Trinajstić information content (AvgIpc) is 2.51. The Morgan fingerprint density at radius 1 is 1.54 bits per heavy atom. The van der Waals surface area contributed by atoms with Crippen LogP contribution < -0.4 is 5.84 Å². The molecule has 0 aromatic heterocycles. The Hall–Kier alpha value is -1.62. The van der Waals surface area contributed by atoms with E-state index in [1.807, 2.05) is 0 Å². The van der Waals surface area contributed by atoms with Crippen LogP contribution in [0, 0.1) is 5.82 Å². The SMILES string of the molecule is NN1CON=C1c1cccc(F)c1. The van der Waals surface area contributed by atoms with Gasteiger partial charge >= 0.3 is 0 Å². The smallest absolute Gasteiger partial charge is 0.204 e. The molecule has 2 N–H and O–H groups in total. The second-order valence-electron chi connectivity index (χ2n) is 2.65. The number of oxime groups is 1. The summed E-state index contributed by atoms with van der Waals surface area (Å²) in [4.78, 5) is 4.73. The van der Waals surface area contributed by atoms with Gasteiger partial charge in [0.15, 0.2) is 5.84 Å². The molecule has 0 amide bonds. The lowest BCUT2D eigenvalue weighted by Gasteiger charge is -2.09. The van der Waals surface area contributed by atoms with Gasteiger partial charge in [0.2, 0.25) is 6.73 Å². The summed E-state index contributed by atoms with van der Waals surface area (Å²) in [7, 11) is 0. The summed E-state index contributed by atoms with van der Waals surface area (Å²) in [5.74, 6) is 5.64. The van der Waals surface area contributed by atoms with Gasteiger partial charge in [-0.25, -0.2) is 10.2 Å². The predicted molar refractivity (Wildman–Crippen MR) is 44.9 cm³/mol. The van der Waals surface area contributed by atoms with Crippen LogP contribution in [0.3, 0.4) is 0 Å². The van der Waals surface area contributed by atoms with Crippen molar-refractivity contribution in [1.82, 2.24) is 5.01 Å². The summed E-state index contributed by atoms with van der Waals surface area (Å²) in [6, 6.07) is 6.03. The van der Waals surface area contributed by atoms with Gasteiger partial charge in [-0.1, -0.05) is 17.3 Å². The highest BCUT2D eigenvalue weighted by Crippen LogP contribution is 2.10. The van der Waals surface area contributed by atoms with E-state index in [2.05, 4.69) is 5.16 Å². The van der Waals surface area contributed by atoms with Crippen molar-refractivity contribution in [2.24, 2.45) is 11.0 Å². The topological polar surface area (TPSA) is 50.8 Å². The zero-order chi connectivity index (χ0) is 9.26. The van der Waals surface area contributed by atoms with Gasteiger partial charge in [0.05, 0.1) is 0 Å². The van der Waals surface area contributed by atoms with Crippen molar-refractivity contribution in [3.8, 4) is 0 Å². The summed E-state index contributed by atoms with van der Waals surface area (Å²) < 4.78 is 12.8. The Morgan fingerprint density at radius 2 is 2.38 bits per heavy atom. The van der Waals surface area contributed by atoms with Crippen molar-refractivity contribution in [2.75, 3.05) is 6.73 Å². The first-order valence-corrected chi connectivity index (χ1v) is 3.75. The number of rotatable bonds is 1. The molecule has 1 aromatic carbocycles. The molecule has 1 aromatic rings. The Morgan fingerprint density at radius 3 is 3.00 bits per heavy atom. The fourth-order valence-electron chi connectivity index (χ4n) is 1.11. The molecular formula is C8H8FN3O. The van der Waals surface area contributed by atoms with E-state index < -0.39 is 0 Å². The number of benzene rings is 1. The van der Waals surface area contributed by atoms with Crippen LogP contribution in [-0.2, 0) is 4.84 Å². The first-order chi connectivity index (χ1) is 6.27. The monoisotopic (exact) mass is 181 g/mol. The number of amidine groups is 1. The molecule has 5 heteroatoms. The Labute approximate surface area is 74.4 Å². The van der Waals surface area contributed by atoms with Gasteiger partial charge < -0.3 is 4.84 Å². The molecule has 1 aliphatic rings. The van der Waals surface area contributed by atoms with E-state index in [9.17, 15) is 4.39 Å². The zero-order valence-electron chi connectivity index (χ0n) is 6.77. The van der Waals surface area contributed by atoms with E-state index in [1.54, 1.807) is 12.1 Å². The minimum absolute atomic E-state index is 0.200. The van der Waals surface area contributed by atoms with Crippen LogP contribution in [0.4, 0.5) is 4.39 Å². The highest BCUT2D eigenvalue weighted by molar-refractivity contribution is 5.98. The molecule has 0 bridgehead atoms. The van der Waals surface area contributed by atoms with Crippen molar-refractivity contribution >= 4 is 5.84 Å². The molecule has 0 saturated carbocycles. The van der Waals surface area contributed by atoms with Crippen LogP contribution >= 0.6 is 0 Å². The number of halogens is 1. The minimum Gasteiger partial charge on any atom is -0.370 e. The molecule has 1 heterocycles. The number of hydrogen-bond acceptors (Lipinski definition) is 4. The number of hydrogen-bond donors (Lipinski definition) is 1. The van der Waals surface area contributed by atoms with Crippen LogP contribution in [0.25, 0.3) is 0 Å². The second-order valence-corrected chi connectivity index (χ2v) is 2.65. The average molecular weight is 181 g/mol. The zero-order valence-corrected chi connectivity index (χ0v) is 6.77. The highest BCUT2D eigenvalue weighted by atomic mass is 19.1. The fourth-order valence-corrected chi connectivity index (χ4v) is 1.11. The highest BCUT2D eigenvalue weighted by Gasteiger charge is 2.17. The predicted octanol–water partition coefficient (Wildman–Crippen LogP) is 0.651. The van der Waals surface area contributed by atoms with Gasteiger partial charge in [0, 0.05) is 5.56 Å². The van der Waals surface area contributed by atoms with E-state index in [0.717, 1.165) is 0 Å². The summed E-state index contributed by atoms with van der Waals surface area (Å²) in [5.41, 5.74) is 0.611. The summed E-state index contributed by atoms with van der Waals surface area (Å²) >= 11 is 0. The van der Waals surface area contributed by atoms with Gasteiger partial charge in [-0.2, -0.15) is 0 Å². The number of hydrazine groups is 1. The van der Waals surface area contributed by atoms with E-state index in [1.165, 1.54) is 17.1 Å². The van der Waals surface area contributed by atoms with E-state index in [-0.39, 0.29) is 12.5 Å². The first kappa shape index (κ1) is 8.00. The Bertz CT molecular complexity index is 353. The molecule has 0 saturated heterocycles. The third kappa shape index (κ3) is 1.46. The Kier molecular flexibility index (Phi) is 1.86. The lowest BCUT2D eigenvalue weighted by molar-refractivity contribution is 0.110. The molecule has 4 nitrogen and oxygen atoms in total. The molecule has 0 aliphatic carbocycles. The summed E-state index contributed by atoms with van der Waals surface area (Å²) in [5, 5.41) is 4.99. The van der Waals surface area contributed by atoms with Crippen LogP contribution in [0.1, 0.15) is 5.56 Å². The second kappa shape index (κ2) is 3.02. The molecule has 13 heavy (non-hydrogen) atoms. The largest absolute Gasteiger partial charge is 0.370 e. The van der Waals surface area contributed by atoms with Crippen molar-refractivity contribution in [3.63, 3.8) is 0 Å². The lowest BCUT2D eigenvalue weighted by Crippen LogP contribution is -2.34. The van der Waals surface area contributed by atoms with Crippen molar-refractivity contribution < 1.29 is 9.23 Å². The molecule has 68 valence electrons. The van der Waals surface area contributed by atoms with E-state index >= 15 is 0 Å². The van der Waals surface area contributed by atoms with Crippen LogP contribution in [0.5, 0.6) is 0 Å². The van der Waals surface area contributed by atoms with Gasteiger partial charge in [-0.15, -0.1) is 0 Å². The quantitative estimate of drug-likeness (QED) is 0.647. The van der Waals surface area contributed by atoms with Gasteiger partial charge in [-0.05, 0) is 12.1 Å². The molecule has 0 fully saturated rings. The molecular weight excluding hydrogens is 173 g/mol. The maximum atomic E-state index is 12.8. The molecule has 0 radical (unpaired) electrons. The summed E-state index contributed by atoms with van der Waals surface area (Å²) in [6.45, 7) is 0.200.